The molecule has 1 saturated heterocycles. The van der Waals surface area contributed by atoms with Crippen molar-refractivity contribution < 1.29 is 28.7 Å². The molecular formula is C39H57N5O6. The first-order valence-corrected chi connectivity index (χ1v) is 17.5. The lowest BCUT2D eigenvalue weighted by molar-refractivity contribution is -0.174. The van der Waals surface area contributed by atoms with Crippen LogP contribution in [-0.4, -0.2) is 86.8 Å². The Morgan fingerprint density at radius 2 is 1.86 bits per heavy atom. The Kier molecular flexibility index (Phi) is 12.4. The molecule has 4 rings (SSSR count). The van der Waals surface area contributed by atoms with Crippen LogP contribution in [0.5, 0.6) is 5.75 Å². The molecule has 0 bridgehead atoms. The normalized spacial score (nSPS) is 24.0. The number of esters is 1. The van der Waals surface area contributed by atoms with Gasteiger partial charge in [0.05, 0.1) is 31.7 Å². The first-order chi connectivity index (χ1) is 23.5. The molecule has 2 amide bonds. The van der Waals surface area contributed by atoms with Gasteiger partial charge in [-0.15, -0.1) is 0 Å². The first kappa shape index (κ1) is 38.9. The van der Waals surface area contributed by atoms with E-state index in [1.54, 1.807) is 38.0 Å². The molecule has 6 atom stereocenters. The Balaban J connectivity index is 1.73. The van der Waals surface area contributed by atoms with Crippen LogP contribution in [0.15, 0.2) is 48.6 Å². The molecule has 11 nitrogen and oxygen atoms in total. The predicted molar refractivity (Wildman–Crippen MR) is 196 cm³/mol. The van der Waals surface area contributed by atoms with Crippen molar-refractivity contribution in [3.05, 3.63) is 59.7 Å². The number of hydroxylamine groups is 2. The van der Waals surface area contributed by atoms with Gasteiger partial charge in [-0.2, -0.15) is 5.06 Å². The van der Waals surface area contributed by atoms with Gasteiger partial charge >= 0.3 is 5.97 Å². The van der Waals surface area contributed by atoms with E-state index in [1.165, 1.54) is 6.92 Å². The van der Waals surface area contributed by atoms with E-state index in [9.17, 15) is 14.4 Å². The molecule has 1 aliphatic carbocycles. The minimum absolute atomic E-state index is 0.0196. The van der Waals surface area contributed by atoms with Crippen LogP contribution < -0.4 is 20.7 Å². The standard InChI is InChI=1S/C39H57N5O6/c1-23-24(2)39(6,7)16-15-33(23)41-38(47)36-35(25(3)49-27(5)46)34(20-40)50-44(36)22-29-13-12-14-32(37(29)48-11)30-17-28(21-43(10)26(4)45)18-31(19-30)42(8)9/h12-14,17-19,24-25,33-36H,1,15-16,20-22,40H2,2-11H3,(H,41,47)/t24-,25-,33-,34-,35+,36-/m0/s1. The molecule has 1 saturated carbocycles. The number of nitrogens with two attached hydrogens (primary N) is 1. The SMILES string of the molecule is C=C1[C@@H](NC(=O)[C@@H]2[C@H]([C@H](C)OC(C)=O)[C@H](CN)ON2Cc2cccc(-c3cc(CN(C)C(C)=O)cc(N(C)C)c3)c2OC)CCC(C)(C)[C@H]1C. The zero-order chi connectivity index (χ0) is 37.1. The number of methoxy groups -OCH3 is 1. The van der Waals surface area contributed by atoms with E-state index < -0.39 is 30.1 Å². The number of hydrogen-bond acceptors (Lipinski definition) is 9. The average molecular weight is 692 g/mol. The Bertz CT molecular complexity index is 1570. The lowest BCUT2D eigenvalue weighted by Gasteiger charge is -2.43. The average Bonchev–Trinajstić information content (AvgIpc) is 3.43. The van der Waals surface area contributed by atoms with Crippen molar-refractivity contribution in [2.24, 2.45) is 23.0 Å². The second-order valence-corrected chi connectivity index (χ2v) is 14.8. The number of nitrogens with zero attached hydrogens (tertiary/aromatic N) is 3. The third-order valence-electron chi connectivity index (χ3n) is 10.7. The van der Waals surface area contributed by atoms with Gasteiger partial charge in [-0.3, -0.25) is 19.2 Å². The van der Waals surface area contributed by atoms with E-state index in [4.69, 9.17) is 20.0 Å². The fourth-order valence-electron chi connectivity index (χ4n) is 7.30. The van der Waals surface area contributed by atoms with E-state index in [0.717, 1.165) is 46.4 Å². The summed E-state index contributed by atoms with van der Waals surface area (Å²) < 4.78 is 11.7. The second-order valence-electron chi connectivity index (χ2n) is 14.8. The summed E-state index contributed by atoms with van der Waals surface area (Å²) in [5.41, 5.74) is 11.9. The quantitative estimate of drug-likeness (QED) is 0.236. The molecule has 2 aliphatic rings. The Morgan fingerprint density at radius 1 is 1.16 bits per heavy atom. The van der Waals surface area contributed by atoms with Gasteiger partial charge in [0.1, 0.15) is 17.9 Å². The summed E-state index contributed by atoms with van der Waals surface area (Å²) in [6.45, 7) is 16.5. The van der Waals surface area contributed by atoms with E-state index in [1.807, 2.05) is 37.2 Å². The number of rotatable bonds is 12. The van der Waals surface area contributed by atoms with Gasteiger partial charge < -0.3 is 30.3 Å². The highest BCUT2D eigenvalue weighted by Crippen LogP contribution is 2.43. The van der Waals surface area contributed by atoms with Crippen molar-refractivity contribution in [2.45, 2.75) is 91.8 Å². The summed E-state index contributed by atoms with van der Waals surface area (Å²) >= 11 is 0. The molecule has 0 radical (unpaired) electrons. The van der Waals surface area contributed by atoms with Gasteiger partial charge in [-0.25, -0.2) is 0 Å². The zero-order valence-corrected chi connectivity index (χ0v) is 31.5. The first-order valence-electron chi connectivity index (χ1n) is 17.5. The molecule has 0 unspecified atom stereocenters. The summed E-state index contributed by atoms with van der Waals surface area (Å²) in [7, 11) is 7.37. The van der Waals surface area contributed by atoms with Crippen LogP contribution in [0, 0.1) is 17.3 Å². The van der Waals surface area contributed by atoms with Crippen LogP contribution in [-0.2, 0) is 37.0 Å². The molecule has 2 fully saturated rings. The van der Waals surface area contributed by atoms with Gasteiger partial charge in [0.2, 0.25) is 11.8 Å². The zero-order valence-electron chi connectivity index (χ0n) is 31.5. The number of anilines is 1. The number of amides is 2. The third-order valence-corrected chi connectivity index (χ3v) is 10.7. The topological polar surface area (TPSA) is 127 Å². The molecule has 2 aromatic rings. The number of para-hydroxylation sites is 1. The number of nitrogens with one attached hydrogen (secondary N) is 1. The Hall–Kier alpha value is -3.93. The van der Waals surface area contributed by atoms with Gasteiger partial charge in [-0.1, -0.05) is 51.1 Å². The molecule has 0 spiro atoms. The highest BCUT2D eigenvalue weighted by atomic mass is 16.7. The number of carbonyl (C=O) groups excluding carboxylic acids is 3. The molecule has 50 heavy (non-hydrogen) atoms. The molecule has 274 valence electrons. The van der Waals surface area contributed by atoms with Crippen molar-refractivity contribution >= 4 is 23.5 Å². The molecule has 3 N–H and O–H groups in total. The number of benzene rings is 2. The van der Waals surface area contributed by atoms with Crippen LogP contribution in [0.3, 0.4) is 0 Å². The molecular weight excluding hydrogens is 634 g/mol. The summed E-state index contributed by atoms with van der Waals surface area (Å²) in [6.07, 6.45) is 0.529. The van der Waals surface area contributed by atoms with Crippen molar-refractivity contribution in [1.29, 1.82) is 0 Å². The summed E-state index contributed by atoms with van der Waals surface area (Å²) in [5.74, 6) is -0.349. The van der Waals surface area contributed by atoms with Crippen molar-refractivity contribution in [1.82, 2.24) is 15.3 Å². The Morgan fingerprint density at radius 3 is 2.46 bits per heavy atom. The lowest BCUT2D eigenvalue weighted by atomic mass is 9.66. The maximum Gasteiger partial charge on any atom is 0.302 e. The fourth-order valence-corrected chi connectivity index (χ4v) is 7.30. The minimum Gasteiger partial charge on any atom is -0.496 e. The van der Waals surface area contributed by atoms with Crippen molar-refractivity contribution in [3.63, 3.8) is 0 Å². The highest BCUT2D eigenvalue weighted by molar-refractivity contribution is 5.83. The maximum atomic E-state index is 14.4. The molecule has 11 heteroatoms. The highest BCUT2D eigenvalue weighted by Gasteiger charge is 2.51. The van der Waals surface area contributed by atoms with Crippen LogP contribution >= 0.6 is 0 Å². The second kappa shape index (κ2) is 16.0. The largest absolute Gasteiger partial charge is 0.496 e. The lowest BCUT2D eigenvalue weighted by Crippen LogP contribution is -2.54. The smallest absolute Gasteiger partial charge is 0.302 e. The van der Waals surface area contributed by atoms with Gasteiger partial charge in [0.25, 0.3) is 0 Å². The molecule has 1 heterocycles. The third kappa shape index (κ3) is 8.50. The van der Waals surface area contributed by atoms with E-state index in [0.29, 0.717) is 12.3 Å². The van der Waals surface area contributed by atoms with E-state index >= 15 is 0 Å². The molecule has 0 aromatic heterocycles. The van der Waals surface area contributed by atoms with Crippen LogP contribution in [0.1, 0.15) is 65.5 Å². The van der Waals surface area contributed by atoms with Crippen LogP contribution in [0.2, 0.25) is 0 Å². The van der Waals surface area contributed by atoms with Gasteiger partial charge in [-0.05, 0) is 60.4 Å². The summed E-state index contributed by atoms with van der Waals surface area (Å²) in [6, 6.07) is 11.1. The molecule has 2 aromatic carbocycles. The number of carbonyl (C=O) groups is 3. The Labute approximate surface area is 298 Å². The fraction of sp³-hybridized carbons (Fsp3) is 0.564. The molecule has 1 aliphatic heterocycles. The van der Waals surface area contributed by atoms with Gasteiger partial charge in [0, 0.05) is 64.9 Å². The number of ether oxygens (including phenoxy) is 2. The van der Waals surface area contributed by atoms with Crippen LogP contribution in [0.25, 0.3) is 11.1 Å². The van der Waals surface area contributed by atoms with E-state index in [2.05, 4.69) is 50.9 Å². The minimum atomic E-state index is -0.810. The number of hydrogen-bond donors (Lipinski definition) is 2. The predicted octanol–water partition coefficient (Wildman–Crippen LogP) is 4.91. The van der Waals surface area contributed by atoms with E-state index in [-0.39, 0.29) is 42.3 Å². The van der Waals surface area contributed by atoms with Crippen LogP contribution in [0.4, 0.5) is 5.69 Å². The monoisotopic (exact) mass is 691 g/mol. The maximum absolute atomic E-state index is 14.4. The summed E-state index contributed by atoms with van der Waals surface area (Å²) in [5, 5.41) is 4.95. The van der Waals surface area contributed by atoms with Crippen molar-refractivity contribution in [2.75, 3.05) is 39.7 Å². The van der Waals surface area contributed by atoms with Crippen molar-refractivity contribution in [3.8, 4) is 16.9 Å². The summed E-state index contributed by atoms with van der Waals surface area (Å²) in [4.78, 5) is 48.7. The van der Waals surface area contributed by atoms with Gasteiger partial charge in [0.15, 0.2) is 0 Å².